The minimum atomic E-state index is -1.08. The normalized spacial score (nSPS) is 11.8. The summed E-state index contributed by atoms with van der Waals surface area (Å²) in [7, 11) is 0. The number of hydrogen-bond donors (Lipinski definition) is 3. The maximum absolute atomic E-state index is 11.8. The fraction of sp³-hybridized carbons (Fsp3) is 0.385. The summed E-state index contributed by atoms with van der Waals surface area (Å²) in [5, 5.41) is 14.5. The van der Waals surface area contributed by atoms with E-state index in [9.17, 15) is 9.59 Å². The average molecular weight is 319 g/mol. The minimum absolute atomic E-state index is 0.270. The van der Waals surface area contributed by atoms with Gasteiger partial charge in [-0.15, -0.1) is 0 Å². The van der Waals surface area contributed by atoms with Crippen LogP contribution in [0.3, 0.4) is 0 Å². The molecule has 1 aromatic rings. The zero-order valence-electron chi connectivity index (χ0n) is 11.2. The molecule has 0 spiro atoms. The van der Waals surface area contributed by atoms with Gasteiger partial charge in [0.1, 0.15) is 6.04 Å². The third kappa shape index (κ3) is 4.28. The first kappa shape index (κ1) is 16.6. The van der Waals surface area contributed by atoms with E-state index in [-0.39, 0.29) is 10.7 Å². The first-order valence-corrected chi connectivity index (χ1v) is 6.87. The summed E-state index contributed by atoms with van der Waals surface area (Å²) in [5.41, 5.74) is 1.03. The Morgan fingerprint density at radius 1 is 1.35 bits per heavy atom. The maximum Gasteiger partial charge on any atom is 0.326 e. The zero-order valence-corrected chi connectivity index (χ0v) is 12.7. The SMILES string of the molecule is CCCC(NC(=O)Nc1c(Cl)ccc(C)c1Cl)C(=O)O. The highest BCUT2D eigenvalue weighted by Gasteiger charge is 2.20. The van der Waals surface area contributed by atoms with Crippen molar-refractivity contribution < 1.29 is 14.7 Å². The third-order valence-corrected chi connectivity index (χ3v) is 3.51. The lowest BCUT2D eigenvalue weighted by Gasteiger charge is -2.16. The molecule has 5 nitrogen and oxygen atoms in total. The minimum Gasteiger partial charge on any atom is -0.480 e. The van der Waals surface area contributed by atoms with Gasteiger partial charge in [0.2, 0.25) is 0 Å². The summed E-state index contributed by atoms with van der Waals surface area (Å²) >= 11 is 12.0. The average Bonchev–Trinajstić information content (AvgIpc) is 2.38. The molecule has 1 unspecified atom stereocenters. The maximum atomic E-state index is 11.8. The first-order valence-electron chi connectivity index (χ1n) is 6.11. The lowest BCUT2D eigenvalue weighted by Crippen LogP contribution is -2.43. The van der Waals surface area contributed by atoms with Gasteiger partial charge in [-0.2, -0.15) is 0 Å². The van der Waals surface area contributed by atoms with E-state index in [1.807, 2.05) is 6.92 Å². The number of hydrogen-bond acceptors (Lipinski definition) is 2. The Morgan fingerprint density at radius 2 is 2.00 bits per heavy atom. The summed E-state index contributed by atoms with van der Waals surface area (Å²) in [6.07, 6.45) is 0.987. The van der Waals surface area contributed by atoms with E-state index in [4.69, 9.17) is 28.3 Å². The number of amides is 2. The number of aryl methyl sites for hydroxylation is 1. The van der Waals surface area contributed by atoms with Gasteiger partial charge in [-0.25, -0.2) is 9.59 Å². The fourth-order valence-corrected chi connectivity index (χ4v) is 2.09. The van der Waals surface area contributed by atoms with Crippen LogP contribution in [0.15, 0.2) is 12.1 Å². The van der Waals surface area contributed by atoms with Crippen molar-refractivity contribution >= 4 is 40.9 Å². The molecule has 1 aromatic carbocycles. The first-order chi connectivity index (χ1) is 9.36. The van der Waals surface area contributed by atoms with Gasteiger partial charge in [0.05, 0.1) is 15.7 Å². The summed E-state index contributed by atoms with van der Waals surface area (Å²) in [4.78, 5) is 22.8. The summed E-state index contributed by atoms with van der Waals surface area (Å²) in [5.74, 6) is -1.08. The molecule has 0 aliphatic carbocycles. The van der Waals surface area contributed by atoms with Gasteiger partial charge in [0.25, 0.3) is 0 Å². The van der Waals surface area contributed by atoms with E-state index in [1.54, 1.807) is 19.1 Å². The summed E-state index contributed by atoms with van der Waals surface area (Å²) < 4.78 is 0. The predicted molar refractivity (Wildman–Crippen MR) is 79.7 cm³/mol. The molecule has 1 rings (SSSR count). The number of carbonyl (C=O) groups excluding carboxylic acids is 1. The molecular formula is C13H16Cl2N2O3. The Morgan fingerprint density at radius 3 is 2.55 bits per heavy atom. The topological polar surface area (TPSA) is 78.4 Å². The number of benzene rings is 1. The van der Waals surface area contributed by atoms with Crippen molar-refractivity contribution in [3.05, 3.63) is 27.7 Å². The second-order valence-electron chi connectivity index (χ2n) is 4.33. The van der Waals surface area contributed by atoms with Gasteiger partial charge in [0, 0.05) is 0 Å². The second-order valence-corrected chi connectivity index (χ2v) is 5.12. The Bertz CT molecular complexity index is 521. The summed E-state index contributed by atoms with van der Waals surface area (Å²) in [6, 6.07) is 1.74. The molecule has 110 valence electrons. The molecular weight excluding hydrogens is 303 g/mol. The van der Waals surface area contributed by atoms with Crippen LogP contribution in [-0.2, 0) is 4.79 Å². The quantitative estimate of drug-likeness (QED) is 0.775. The van der Waals surface area contributed by atoms with Crippen molar-refractivity contribution in [2.24, 2.45) is 0 Å². The smallest absolute Gasteiger partial charge is 0.326 e. The van der Waals surface area contributed by atoms with Crippen molar-refractivity contribution in [2.75, 3.05) is 5.32 Å². The van der Waals surface area contributed by atoms with E-state index in [2.05, 4.69) is 10.6 Å². The second kappa shape index (κ2) is 7.36. The Hall–Kier alpha value is -1.46. The van der Waals surface area contributed by atoms with E-state index in [0.29, 0.717) is 17.9 Å². The molecule has 0 aliphatic rings. The van der Waals surface area contributed by atoms with Gasteiger partial charge in [0.15, 0.2) is 0 Å². The predicted octanol–water partition coefficient (Wildman–Crippen LogP) is 3.68. The van der Waals surface area contributed by atoms with Gasteiger partial charge >= 0.3 is 12.0 Å². The monoisotopic (exact) mass is 318 g/mol. The molecule has 0 fully saturated rings. The Balaban J connectivity index is 2.81. The molecule has 0 aliphatic heterocycles. The van der Waals surface area contributed by atoms with Gasteiger partial charge in [-0.3, -0.25) is 0 Å². The van der Waals surface area contributed by atoms with Crippen LogP contribution in [0.5, 0.6) is 0 Å². The number of urea groups is 1. The van der Waals surface area contributed by atoms with Crippen LogP contribution < -0.4 is 10.6 Å². The largest absolute Gasteiger partial charge is 0.480 e. The lowest BCUT2D eigenvalue weighted by atomic mass is 10.2. The van der Waals surface area contributed by atoms with Crippen LogP contribution in [0.1, 0.15) is 25.3 Å². The molecule has 0 radical (unpaired) electrons. The number of carboxylic acids is 1. The molecule has 20 heavy (non-hydrogen) atoms. The number of halogens is 2. The number of anilines is 1. The van der Waals surface area contributed by atoms with Crippen LogP contribution in [-0.4, -0.2) is 23.1 Å². The fourth-order valence-electron chi connectivity index (χ4n) is 1.63. The van der Waals surface area contributed by atoms with Gasteiger partial charge in [-0.05, 0) is 25.0 Å². The van der Waals surface area contributed by atoms with Crippen molar-refractivity contribution in [1.82, 2.24) is 5.32 Å². The highest BCUT2D eigenvalue weighted by molar-refractivity contribution is 6.40. The molecule has 0 aromatic heterocycles. The lowest BCUT2D eigenvalue weighted by molar-refractivity contribution is -0.139. The molecule has 1 atom stereocenters. The van der Waals surface area contributed by atoms with Crippen LogP contribution in [0.25, 0.3) is 0 Å². The number of carbonyl (C=O) groups is 2. The van der Waals surface area contributed by atoms with Crippen LogP contribution >= 0.6 is 23.2 Å². The molecule has 7 heteroatoms. The molecule has 2 amide bonds. The van der Waals surface area contributed by atoms with Gasteiger partial charge in [-0.1, -0.05) is 42.6 Å². The van der Waals surface area contributed by atoms with Crippen molar-refractivity contribution in [1.29, 1.82) is 0 Å². The Kier molecular flexibility index (Phi) is 6.10. The van der Waals surface area contributed by atoms with E-state index < -0.39 is 18.0 Å². The van der Waals surface area contributed by atoms with Crippen molar-refractivity contribution in [3.63, 3.8) is 0 Å². The molecule has 3 N–H and O–H groups in total. The highest BCUT2D eigenvalue weighted by Crippen LogP contribution is 2.32. The molecule has 0 saturated heterocycles. The van der Waals surface area contributed by atoms with E-state index in [0.717, 1.165) is 5.56 Å². The van der Waals surface area contributed by atoms with Crippen molar-refractivity contribution in [2.45, 2.75) is 32.7 Å². The number of nitrogens with one attached hydrogen (secondary N) is 2. The highest BCUT2D eigenvalue weighted by atomic mass is 35.5. The molecule has 0 saturated carbocycles. The number of aliphatic carboxylic acids is 1. The van der Waals surface area contributed by atoms with E-state index in [1.165, 1.54) is 0 Å². The van der Waals surface area contributed by atoms with Crippen LogP contribution in [0.2, 0.25) is 10.0 Å². The number of carboxylic acid groups (broad SMARTS) is 1. The third-order valence-electron chi connectivity index (χ3n) is 2.70. The van der Waals surface area contributed by atoms with Crippen LogP contribution in [0, 0.1) is 6.92 Å². The van der Waals surface area contributed by atoms with Crippen molar-refractivity contribution in [3.8, 4) is 0 Å². The molecule has 0 heterocycles. The van der Waals surface area contributed by atoms with E-state index >= 15 is 0 Å². The number of rotatable bonds is 5. The van der Waals surface area contributed by atoms with Crippen LogP contribution in [0.4, 0.5) is 10.5 Å². The molecule has 0 bridgehead atoms. The zero-order chi connectivity index (χ0) is 15.3. The Labute approximate surface area is 127 Å². The standard InChI is InChI=1S/C13H16Cl2N2O3/c1-3-4-9(12(18)19)16-13(20)17-11-8(14)6-5-7(2)10(11)15/h5-6,9H,3-4H2,1-2H3,(H,18,19)(H2,16,17,20). The summed E-state index contributed by atoms with van der Waals surface area (Å²) in [6.45, 7) is 3.61. The van der Waals surface area contributed by atoms with Gasteiger partial charge < -0.3 is 15.7 Å².